The van der Waals surface area contributed by atoms with Gasteiger partial charge in [0.15, 0.2) is 0 Å². The highest BCUT2D eigenvalue weighted by atomic mass is 16.2. The van der Waals surface area contributed by atoms with E-state index in [9.17, 15) is 4.79 Å². The van der Waals surface area contributed by atoms with E-state index in [-0.39, 0.29) is 11.3 Å². The van der Waals surface area contributed by atoms with Crippen LogP contribution in [0.25, 0.3) is 0 Å². The standard InChI is InChI=1S/C23H26N2O/c26-22(23-13-16-9-17(14-23)11-18(10-16)15-23)25-21-8-4-7-20(12-21)24-19-5-2-1-3-6-19/h1-8,12,16-18,24H,9-11,13-15H2,(H,25,26). The van der Waals surface area contributed by atoms with Gasteiger partial charge in [-0.3, -0.25) is 4.79 Å². The highest BCUT2D eigenvalue weighted by molar-refractivity contribution is 5.96. The molecule has 4 aliphatic carbocycles. The average molecular weight is 346 g/mol. The zero-order chi connectivity index (χ0) is 17.6. The molecule has 3 nitrogen and oxygen atoms in total. The van der Waals surface area contributed by atoms with E-state index in [2.05, 4.69) is 10.6 Å². The fourth-order valence-electron chi connectivity index (χ4n) is 6.02. The Morgan fingerprint density at radius 1 is 0.769 bits per heavy atom. The van der Waals surface area contributed by atoms with Crippen molar-refractivity contribution in [3.63, 3.8) is 0 Å². The molecule has 3 heteroatoms. The van der Waals surface area contributed by atoms with Crippen molar-refractivity contribution in [1.29, 1.82) is 0 Å². The topological polar surface area (TPSA) is 41.1 Å². The SMILES string of the molecule is O=C(Nc1cccc(Nc2ccccc2)c1)C12CC3CC(CC(C3)C1)C2. The number of anilines is 3. The summed E-state index contributed by atoms with van der Waals surface area (Å²) in [7, 11) is 0. The van der Waals surface area contributed by atoms with Crippen LogP contribution < -0.4 is 10.6 Å². The Morgan fingerprint density at radius 3 is 2.00 bits per heavy atom. The zero-order valence-corrected chi connectivity index (χ0v) is 15.1. The lowest BCUT2D eigenvalue weighted by Crippen LogP contribution is -2.51. The molecule has 0 radical (unpaired) electrons. The summed E-state index contributed by atoms with van der Waals surface area (Å²) in [6.07, 6.45) is 7.40. The molecule has 1 amide bonds. The minimum absolute atomic E-state index is 0.0996. The van der Waals surface area contributed by atoms with Crippen molar-refractivity contribution in [2.45, 2.75) is 38.5 Å². The van der Waals surface area contributed by atoms with Crippen molar-refractivity contribution in [3.8, 4) is 0 Å². The van der Waals surface area contributed by atoms with Gasteiger partial charge in [-0.05, 0) is 86.6 Å². The van der Waals surface area contributed by atoms with Gasteiger partial charge in [0.2, 0.25) is 5.91 Å². The van der Waals surface area contributed by atoms with Crippen LogP contribution in [0, 0.1) is 23.2 Å². The third-order valence-electron chi connectivity index (χ3n) is 6.70. The van der Waals surface area contributed by atoms with Crippen LogP contribution in [0.5, 0.6) is 0 Å². The fourth-order valence-corrected chi connectivity index (χ4v) is 6.02. The van der Waals surface area contributed by atoms with Gasteiger partial charge in [0.25, 0.3) is 0 Å². The lowest BCUT2D eigenvalue weighted by Gasteiger charge is -2.55. The Bertz CT molecular complexity index is 779. The second kappa shape index (κ2) is 6.15. The molecule has 26 heavy (non-hydrogen) atoms. The van der Waals surface area contributed by atoms with E-state index in [0.717, 1.165) is 54.1 Å². The molecule has 134 valence electrons. The van der Waals surface area contributed by atoms with E-state index in [0.29, 0.717) is 0 Å². The van der Waals surface area contributed by atoms with Crippen molar-refractivity contribution in [2.75, 3.05) is 10.6 Å². The second-order valence-electron chi connectivity index (χ2n) is 8.72. The number of amides is 1. The first-order valence-corrected chi connectivity index (χ1v) is 9.92. The van der Waals surface area contributed by atoms with E-state index >= 15 is 0 Å². The monoisotopic (exact) mass is 346 g/mol. The highest BCUT2D eigenvalue weighted by Crippen LogP contribution is 2.60. The molecule has 0 atom stereocenters. The van der Waals surface area contributed by atoms with Crippen LogP contribution >= 0.6 is 0 Å². The summed E-state index contributed by atoms with van der Waals surface area (Å²) in [5, 5.41) is 6.65. The summed E-state index contributed by atoms with van der Waals surface area (Å²) in [4.78, 5) is 13.2. The van der Waals surface area contributed by atoms with Gasteiger partial charge in [0.1, 0.15) is 0 Å². The van der Waals surface area contributed by atoms with E-state index in [4.69, 9.17) is 0 Å². The molecule has 4 aliphatic rings. The van der Waals surface area contributed by atoms with Gasteiger partial charge in [-0.1, -0.05) is 24.3 Å². The van der Waals surface area contributed by atoms with Crippen LogP contribution in [-0.2, 0) is 4.79 Å². The smallest absolute Gasteiger partial charge is 0.230 e. The number of rotatable bonds is 4. The quantitative estimate of drug-likeness (QED) is 0.758. The minimum Gasteiger partial charge on any atom is -0.355 e. The number of carbonyl (C=O) groups is 1. The van der Waals surface area contributed by atoms with Crippen LogP contribution in [0.3, 0.4) is 0 Å². The molecule has 2 N–H and O–H groups in total. The summed E-state index contributed by atoms with van der Waals surface area (Å²) >= 11 is 0. The van der Waals surface area contributed by atoms with Gasteiger partial charge in [-0.15, -0.1) is 0 Å². The van der Waals surface area contributed by atoms with Crippen LogP contribution in [0.15, 0.2) is 54.6 Å². The maximum absolute atomic E-state index is 13.2. The summed E-state index contributed by atoms with van der Waals surface area (Å²) in [6.45, 7) is 0. The number of carbonyl (C=O) groups excluding carboxylic acids is 1. The molecule has 0 aliphatic heterocycles. The Kier molecular flexibility index (Phi) is 3.77. The van der Waals surface area contributed by atoms with E-state index in [1.807, 2.05) is 54.6 Å². The number of nitrogens with one attached hydrogen (secondary N) is 2. The van der Waals surface area contributed by atoms with Gasteiger partial charge < -0.3 is 10.6 Å². The second-order valence-corrected chi connectivity index (χ2v) is 8.72. The molecule has 0 heterocycles. The minimum atomic E-state index is -0.0996. The first-order valence-electron chi connectivity index (χ1n) is 9.92. The molecular formula is C23H26N2O. The van der Waals surface area contributed by atoms with Gasteiger partial charge in [-0.25, -0.2) is 0 Å². The zero-order valence-electron chi connectivity index (χ0n) is 15.1. The number of para-hydroxylation sites is 1. The van der Waals surface area contributed by atoms with Gasteiger partial charge in [0, 0.05) is 17.1 Å². The molecule has 0 unspecified atom stereocenters. The molecule has 2 aromatic rings. The largest absolute Gasteiger partial charge is 0.355 e. The molecule has 2 aromatic carbocycles. The summed E-state index contributed by atoms with van der Waals surface area (Å²) in [5.41, 5.74) is 2.85. The van der Waals surface area contributed by atoms with Crippen molar-refractivity contribution in [3.05, 3.63) is 54.6 Å². The normalized spacial score (nSPS) is 31.6. The lowest BCUT2D eigenvalue weighted by atomic mass is 9.49. The van der Waals surface area contributed by atoms with Crippen LogP contribution in [0.2, 0.25) is 0 Å². The third-order valence-corrected chi connectivity index (χ3v) is 6.70. The summed E-state index contributed by atoms with van der Waals surface area (Å²) in [5.74, 6) is 2.63. The molecule has 0 spiro atoms. The van der Waals surface area contributed by atoms with Crippen molar-refractivity contribution >= 4 is 23.0 Å². The lowest BCUT2D eigenvalue weighted by molar-refractivity contribution is -0.140. The predicted molar refractivity (Wildman–Crippen MR) is 105 cm³/mol. The van der Waals surface area contributed by atoms with E-state index in [1.165, 1.54) is 19.3 Å². The maximum Gasteiger partial charge on any atom is 0.230 e. The van der Waals surface area contributed by atoms with Crippen molar-refractivity contribution in [2.24, 2.45) is 23.2 Å². The van der Waals surface area contributed by atoms with Gasteiger partial charge in [0.05, 0.1) is 5.41 Å². The first kappa shape index (κ1) is 15.9. The molecule has 4 bridgehead atoms. The first-order chi connectivity index (χ1) is 12.7. The summed E-state index contributed by atoms with van der Waals surface area (Å²) in [6, 6.07) is 18.2. The molecule has 0 saturated heterocycles. The van der Waals surface area contributed by atoms with Crippen LogP contribution in [0.4, 0.5) is 17.1 Å². The molecule has 4 fully saturated rings. The van der Waals surface area contributed by atoms with Crippen LogP contribution in [-0.4, -0.2) is 5.91 Å². The Labute approximate surface area is 155 Å². The molecule has 6 rings (SSSR count). The third kappa shape index (κ3) is 2.90. The predicted octanol–water partition coefficient (Wildman–Crippen LogP) is 5.59. The summed E-state index contributed by atoms with van der Waals surface area (Å²) < 4.78 is 0. The highest BCUT2D eigenvalue weighted by Gasteiger charge is 2.54. The Morgan fingerprint density at radius 2 is 1.35 bits per heavy atom. The van der Waals surface area contributed by atoms with Crippen molar-refractivity contribution in [1.82, 2.24) is 0 Å². The van der Waals surface area contributed by atoms with Gasteiger partial charge in [-0.2, -0.15) is 0 Å². The van der Waals surface area contributed by atoms with Crippen LogP contribution in [0.1, 0.15) is 38.5 Å². The van der Waals surface area contributed by atoms with Gasteiger partial charge >= 0.3 is 0 Å². The average Bonchev–Trinajstić information content (AvgIpc) is 2.62. The Hall–Kier alpha value is -2.29. The fraction of sp³-hybridized carbons (Fsp3) is 0.435. The molecule has 0 aromatic heterocycles. The maximum atomic E-state index is 13.2. The Balaban J connectivity index is 1.32. The molecular weight excluding hydrogens is 320 g/mol. The van der Waals surface area contributed by atoms with E-state index < -0.39 is 0 Å². The van der Waals surface area contributed by atoms with E-state index in [1.54, 1.807) is 0 Å². The number of hydrogen-bond acceptors (Lipinski definition) is 2. The van der Waals surface area contributed by atoms with Crippen molar-refractivity contribution < 1.29 is 4.79 Å². The number of benzene rings is 2. The number of hydrogen-bond donors (Lipinski definition) is 2. The molecule has 4 saturated carbocycles.